The van der Waals surface area contributed by atoms with E-state index in [1.54, 1.807) is 7.11 Å². The van der Waals surface area contributed by atoms with Gasteiger partial charge in [-0.05, 0) is 17.7 Å². The average molecular weight is 223 g/mol. The minimum atomic E-state index is 0.879. The predicted octanol–water partition coefficient (Wildman–Crippen LogP) is 3.84. The third-order valence-electron chi connectivity index (χ3n) is 2.92. The third-order valence-corrected chi connectivity index (χ3v) is 2.92. The number of hydrogen-bond acceptors (Lipinski definition) is 1. The van der Waals surface area contributed by atoms with E-state index in [1.165, 1.54) is 10.9 Å². The van der Waals surface area contributed by atoms with E-state index in [9.17, 15) is 0 Å². The van der Waals surface area contributed by atoms with Gasteiger partial charge < -0.3 is 9.72 Å². The van der Waals surface area contributed by atoms with Gasteiger partial charge in [-0.3, -0.25) is 0 Å². The quantitative estimate of drug-likeness (QED) is 0.701. The highest BCUT2D eigenvalue weighted by Crippen LogP contribution is 2.29. The van der Waals surface area contributed by atoms with E-state index in [4.69, 9.17) is 4.74 Å². The summed E-state index contributed by atoms with van der Waals surface area (Å²) in [6.07, 6.45) is 0. The Morgan fingerprint density at radius 1 is 0.941 bits per heavy atom. The van der Waals surface area contributed by atoms with Crippen molar-refractivity contribution in [3.05, 3.63) is 54.6 Å². The fourth-order valence-electron chi connectivity index (χ4n) is 2.07. The first-order chi connectivity index (χ1) is 8.38. The monoisotopic (exact) mass is 223 g/mol. The Labute approximate surface area is 99.9 Å². The van der Waals surface area contributed by atoms with Crippen LogP contribution in [0.4, 0.5) is 0 Å². The zero-order valence-corrected chi connectivity index (χ0v) is 9.60. The summed E-state index contributed by atoms with van der Waals surface area (Å²) in [5.41, 5.74) is 3.35. The SMILES string of the molecule is COc1cccc2cc(-c3ccccc3)[nH]c12. The molecule has 2 aromatic carbocycles. The summed E-state index contributed by atoms with van der Waals surface area (Å²) < 4.78 is 5.35. The summed E-state index contributed by atoms with van der Waals surface area (Å²) in [4.78, 5) is 3.41. The minimum Gasteiger partial charge on any atom is -0.495 e. The van der Waals surface area contributed by atoms with Gasteiger partial charge in [0, 0.05) is 11.1 Å². The normalized spacial score (nSPS) is 10.6. The number of H-pyrrole nitrogens is 1. The van der Waals surface area contributed by atoms with Crippen molar-refractivity contribution in [2.24, 2.45) is 0 Å². The largest absolute Gasteiger partial charge is 0.495 e. The zero-order chi connectivity index (χ0) is 11.7. The molecule has 0 spiro atoms. The van der Waals surface area contributed by atoms with Gasteiger partial charge in [0.15, 0.2) is 0 Å². The first-order valence-corrected chi connectivity index (χ1v) is 5.59. The summed E-state index contributed by atoms with van der Waals surface area (Å²) in [5.74, 6) is 0.879. The van der Waals surface area contributed by atoms with E-state index >= 15 is 0 Å². The molecule has 0 aliphatic rings. The van der Waals surface area contributed by atoms with Gasteiger partial charge in [-0.25, -0.2) is 0 Å². The van der Waals surface area contributed by atoms with Gasteiger partial charge in [0.2, 0.25) is 0 Å². The molecule has 0 saturated heterocycles. The van der Waals surface area contributed by atoms with Crippen LogP contribution in [0.1, 0.15) is 0 Å². The molecule has 1 heterocycles. The Hall–Kier alpha value is -2.22. The van der Waals surface area contributed by atoms with Gasteiger partial charge in [-0.15, -0.1) is 0 Å². The Bertz CT molecular complexity index is 640. The van der Waals surface area contributed by atoms with E-state index in [2.05, 4.69) is 29.2 Å². The van der Waals surface area contributed by atoms with E-state index in [-0.39, 0.29) is 0 Å². The zero-order valence-electron chi connectivity index (χ0n) is 9.60. The standard InChI is InChI=1S/C15H13NO/c1-17-14-9-5-8-12-10-13(16-15(12)14)11-6-3-2-4-7-11/h2-10,16H,1H3. The molecule has 3 rings (SSSR count). The number of benzene rings is 2. The average Bonchev–Trinajstić information content (AvgIpc) is 2.83. The molecule has 0 aliphatic carbocycles. The van der Waals surface area contributed by atoms with Crippen LogP contribution in [0.5, 0.6) is 5.75 Å². The van der Waals surface area contributed by atoms with Crippen LogP contribution in [0.2, 0.25) is 0 Å². The molecule has 0 aliphatic heterocycles. The first-order valence-electron chi connectivity index (χ1n) is 5.59. The summed E-state index contributed by atoms with van der Waals surface area (Å²) >= 11 is 0. The van der Waals surface area contributed by atoms with Crippen molar-refractivity contribution in [2.45, 2.75) is 0 Å². The lowest BCUT2D eigenvalue weighted by molar-refractivity contribution is 0.419. The lowest BCUT2D eigenvalue weighted by Gasteiger charge is -2.00. The Kier molecular flexibility index (Phi) is 2.33. The van der Waals surface area contributed by atoms with E-state index < -0.39 is 0 Å². The summed E-state index contributed by atoms with van der Waals surface area (Å²) in [5, 5.41) is 1.17. The fourth-order valence-corrected chi connectivity index (χ4v) is 2.07. The second-order valence-corrected chi connectivity index (χ2v) is 3.97. The lowest BCUT2D eigenvalue weighted by atomic mass is 10.1. The number of aromatic nitrogens is 1. The van der Waals surface area contributed by atoms with Crippen LogP contribution in [0.3, 0.4) is 0 Å². The molecule has 84 valence electrons. The molecule has 2 nitrogen and oxygen atoms in total. The highest BCUT2D eigenvalue weighted by atomic mass is 16.5. The van der Waals surface area contributed by atoms with Gasteiger partial charge >= 0.3 is 0 Å². The summed E-state index contributed by atoms with van der Waals surface area (Å²) in [7, 11) is 1.69. The van der Waals surface area contributed by atoms with Crippen molar-refractivity contribution in [2.75, 3.05) is 7.11 Å². The van der Waals surface area contributed by atoms with Crippen molar-refractivity contribution in [1.29, 1.82) is 0 Å². The minimum absolute atomic E-state index is 0.879. The molecule has 0 unspecified atom stereocenters. The highest BCUT2D eigenvalue weighted by Gasteiger charge is 2.06. The Morgan fingerprint density at radius 2 is 1.76 bits per heavy atom. The molecule has 0 fully saturated rings. The highest BCUT2D eigenvalue weighted by molar-refractivity contribution is 5.90. The van der Waals surface area contributed by atoms with Crippen molar-refractivity contribution >= 4 is 10.9 Å². The first kappa shape index (κ1) is 9.97. The second-order valence-electron chi connectivity index (χ2n) is 3.97. The molecule has 0 bridgehead atoms. The van der Waals surface area contributed by atoms with Gasteiger partial charge in [0.25, 0.3) is 0 Å². The third kappa shape index (κ3) is 1.68. The lowest BCUT2D eigenvalue weighted by Crippen LogP contribution is -1.83. The topological polar surface area (TPSA) is 25.0 Å². The van der Waals surface area contributed by atoms with Gasteiger partial charge in [0.1, 0.15) is 5.75 Å². The number of nitrogens with one attached hydrogen (secondary N) is 1. The van der Waals surface area contributed by atoms with Crippen LogP contribution in [-0.4, -0.2) is 12.1 Å². The number of rotatable bonds is 2. The summed E-state index contributed by atoms with van der Waals surface area (Å²) in [6.45, 7) is 0. The maximum Gasteiger partial charge on any atom is 0.142 e. The molecule has 0 atom stereocenters. The van der Waals surface area contributed by atoms with Crippen LogP contribution in [0.25, 0.3) is 22.2 Å². The van der Waals surface area contributed by atoms with E-state index in [0.29, 0.717) is 0 Å². The van der Waals surface area contributed by atoms with Crippen LogP contribution in [0, 0.1) is 0 Å². The van der Waals surface area contributed by atoms with Crippen molar-refractivity contribution < 1.29 is 4.74 Å². The molecule has 1 N–H and O–H groups in total. The van der Waals surface area contributed by atoms with Crippen LogP contribution in [-0.2, 0) is 0 Å². The molecule has 1 aromatic heterocycles. The molecule has 0 amide bonds. The molecular weight excluding hydrogens is 210 g/mol. The molecule has 3 aromatic rings. The number of fused-ring (bicyclic) bond motifs is 1. The smallest absolute Gasteiger partial charge is 0.142 e. The van der Waals surface area contributed by atoms with Crippen LogP contribution >= 0.6 is 0 Å². The molecule has 0 saturated carbocycles. The van der Waals surface area contributed by atoms with Crippen molar-refractivity contribution in [3.63, 3.8) is 0 Å². The fraction of sp³-hybridized carbons (Fsp3) is 0.0667. The number of methoxy groups -OCH3 is 1. The van der Waals surface area contributed by atoms with Crippen molar-refractivity contribution in [1.82, 2.24) is 4.98 Å². The molecule has 17 heavy (non-hydrogen) atoms. The van der Waals surface area contributed by atoms with Crippen LogP contribution < -0.4 is 4.74 Å². The van der Waals surface area contributed by atoms with Crippen molar-refractivity contribution in [3.8, 4) is 17.0 Å². The molecular formula is C15H13NO. The maximum atomic E-state index is 5.35. The Morgan fingerprint density at radius 3 is 2.53 bits per heavy atom. The van der Waals surface area contributed by atoms with E-state index in [1.807, 2.05) is 30.3 Å². The molecule has 2 heteroatoms. The number of para-hydroxylation sites is 1. The number of ether oxygens (including phenoxy) is 1. The predicted molar refractivity (Wildman–Crippen MR) is 70.3 cm³/mol. The Balaban J connectivity index is 2.20. The van der Waals surface area contributed by atoms with Gasteiger partial charge in [0.05, 0.1) is 12.6 Å². The maximum absolute atomic E-state index is 5.35. The number of aromatic amines is 1. The molecule has 0 radical (unpaired) electrons. The number of hydrogen-bond donors (Lipinski definition) is 1. The second kappa shape index (κ2) is 3.98. The van der Waals surface area contributed by atoms with Gasteiger partial charge in [-0.1, -0.05) is 42.5 Å². The van der Waals surface area contributed by atoms with Gasteiger partial charge in [-0.2, -0.15) is 0 Å². The van der Waals surface area contributed by atoms with E-state index in [0.717, 1.165) is 17.0 Å². The summed E-state index contributed by atoms with van der Waals surface area (Å²) in [6, 6.07) is 18.5. The van der Waals surface area contributed by atoms with Crippen LogP contribution in [0.15, 0.2) is 54.6 Å².